The number of benzene rings is 2. The predicted molar refractivity (Wildman–Crippen MR) is 126 cm³/mol. The van der Waals surface area contributed by atoms with Crippen LogP contribution in [0, 0.1) is 5.82 Å². The van der Waals surface area contributed by atoms with Gasteiger partial charge in [0.25, 0.3) is 0 Å². The molecule has 4 rings (SSSR count). The van der Waals surface area contributed by atoms with Crippen molar-refractivity contribution in [3.63, 3.8) is 0 Å². The van der Waals surface area contributed by atoms with Gasteiger partial charge in [-0.3, -0.25) is 4.79 Å². The van der Waals surface area contributed by atoms with Crippen LogP contribution in [0.3, 0.4) is 0 Å². The predicted octanol–water partition coefficient (Wildman–Crippen LogP) is 5.63. The second-order valence-electron chi connectivity index (χ2n) is 6.83. The van der Waals surface area contributed by atoms with Crippen LogP contribution in [0.4, 0.5) is 10.1 Å². The minimum Gasteiger partial charge on any atom is -0.497 e. The Morgan fingerprint density at radius 2 is 1.91 bits per heavy atom. The van der Waals surface area contributed by atoms with Crippen molar-refractivity contribution in [3.05, 3.63) is 60.0 Å². The fraction of sp³-hybridized carbons (Fsp3) is 0.174. The summed E-state index contributed by atoms with van der Waals surface area (Å²) < 4.78 is 24.0. The van der Waals surface area contributed by atoms with Gasteiger partial charge >= 0.3 is 0 Å². The summed E-state index contributed by atoms with van der Waals surface area (Å²) in [6, 6.07) is 11.5. The molecule has 1 unspecified atom stereocenters. The average Bonchev–Trinajstić information content (AvgIpc) is 3.24. The summed E-state index contributed by atoms with van der Waals surface area (Å²) in [4.78, 5) is 22.5. The summed E-state index contributed by atoms with van der Waals surface area (Å²) in [5.74, 6) is 0.655. The van der Waals surface area contributed by atoms with Gasteiger partial charge < -0.3 is 14.8 Å². The largest absolute Gasteiger partial charge is 0.497 e. The zero-order valence-electron chi connectivity index (χ0n) is 17.6. The van der Waals surface area contributed by atoms with Gasteiger partial charge in [-0.2, -0.15) is 0 Å². The van der Waals surface area contributed by atoms with Crippen molar-refractivity contribution in [3.8, 4) is 22.6 Å². The maximum atomic E-state index is 13.4. The van der Waals surface area contributed by atoms with Gasteiger partial charge in [0, 0.05) is 17.0 Å². The van der Waals surface area contributed by atoms with Gasteiger partial charge in [-0.05, 0) is 36.8 Å². The molecule has 0 bridgehead atoms. The molecule has 0 saturated heterocycles. The summed E-state index contributed by atoms with van der Waals surface area (Å²) in [7, 11) is 3.10. The maximum absolute atomic E-state index is 13.4. The molecule has 1 atom stereocenters. The average molecular weight is 470 g/mol. The lowest BCUT2D eigenvalue weighted by molar-refractivity contribution is -0.115. The second kappa shape index (κ2) is 9.54. The van der Waals surface area contributed by atoms with Crippen LogP contribution in [0.15, 0.2) is 59.2 Å². The highest BCUT2D eigenvalue weighted by atomic mass is 32.2. The number of carbonyl (C=O) groups excluding carboxylic acids is 1. The lowest BCUT2D eigenvalue weighted by Gasteiger charge is -2.15. The number of nitrogens with one attached hydrogen (secondary N) is 1. The molecule has 32 heavy (non-hydrogen) atoms. The Bertz CT molecular complexity index is 1260. The van der Waals surface area contributed by atoms with E-state index in [1.165, 1.54) is 41.6 Å². The Kier molecular flexibility index (Phi) is 6.57. The molecule has 0 fully saturated rings. The van der Waals surface area contributed by atoms with E-state index in [4.69, 9.17) is 9.47 Å². The fourth-order valence-electron chi connectivity index (χ4n) is 3.15. The van der Waals surface area contributed by atoms with Crippen LogP contribution in [0.2, 0.25) is 0 Å². The molecule has 4 aromatic rings. The molecule has 2 aromatic carbocycles. The maximum Gasteiger partial charge on any atom is 0.237 e. The van der Waals surface area contributed by atoms with Gasteiger partial charge in [-0.25, -0.2) is 14.4 Å². The van der Waals surface area contributed by atoms with E-state index in [2.05, 4.69) is 15.3 Å². The SMILES string of the molecule is COc1ccc(OC)c(NC(=O)C(C)Sc2ncnc3scc(-c4ccc(F)cc4)c23)c1. The van der Waals surface area contributed by atoms with Gasteiger partial charge in [0.1, 0.15) is 33.5 Å². The van der Waals surface area contributed by atoms with E-state index in [1.54, 1.807) is 44.6 Å². The highest BCUT2D eigenvalue weighted by Gasteiger charge is 2.21. The molecule has 0 spiro atoms. The molecule has 2 aromatic heterocycles. The minimum atomic E-state index is -0.454. The molecule has 6 nitrogen and oxygen atoms in total. The van der Waals surface area contributed by atoms with Crippen LogP contribution >= 0.6 is 23.1 Å². The number of methoxy groups -OCH3 is 2. The number of rotatable bonds is 7. The van der Waals surface area contributed by atoms with Crippen molar-refractivity contribution < 1.29 is 18.7 Å². The third-order valence-corrected chi connectivity index (χ3v) is 6.80. The number of amides is 1. The molecule has 1 amide bonds. The fourth-order valence-corrected chi connectivity index (χ4v) is 5.06. The first-order chi connectivity index (χ1) is 15.5. The Balaban J connectivity index is 1.60. The van der Waals surface area contributed by atoms with Gasteiger partial charge in [0.05, 0.1) is 30.5 Å². The number of nitrogens with zero attached hydrogens (tertiary/aromatic N) is 2. The molecular formula is C23H20FN3O3S2. The highest BCUT2D eigenvalue weighted by molar-refractivity contribution is 8.00. The Morgan fingerprint density at radius 1 is 1.12 bits per heavy atom. The second-order valence-corrected chi connectivity index (χ2v) is 9.02. The van der Waals surface area contributed by atoms with Gasteiger partial charge in [0.15, 0.2) is 0 Å². The molecule has 2 heterocycles. The lowest BCUT2D eigenvalue weighted by atomic mass is 10.1. The standard InChI is InChI=1S/C23H20FN3O3S2/c1-13(21(28)27-18-10-16(29-2)8-9-19(18)30-3)32-23-20-17(11-31-22(20)25-12-26-23)14-4-6-15(24)7-5-14/h4-13H,1-3H3,(H,27,28). The molecule has 0 aliphatic rings. The number of carbonyl (C=O) groups is 1. The van der Waals surface area contributed by atoms with Crippen molar-refractivity contribution in [2.75, 3.05) is 19.5 Å². The molecule has 9 heteroatoms. The summed E-state index contributed by atoms with van der Waals surface area (Å²) in [5.41, 5.74) is 2.31. The first kappa shape index (κ1) is 22.0. The highest BCUT2D eigenvalue weighted by Crippen LogP contribution is 2.39. The monoisotopic (exact) mass is 469 g/mol. The molecular weight excluding hydrogens is 449 g/mol. The lowest BCUT2D eigenvalue weighted by Crippen LogP contribution is -2.22. The zero-order valence-corrected chi connectivity index (χ0v) is 19.2. The number of halogens is 1. The van der Waals surface area contributed by atoms with Crippen LogP contribution in [-0.4, -0.2) is 35.3 Å². The van der Waals surface area contributed by atoms with Crippen LogP contribution in [-0.2, 0) is 4.79 Å². The molecule has 164 valence electrons. The van der Waals surface area contributed by atoms with E-state index in [9.17, 15) is 9.18 Å². The quantitative estimate of drug-likeness (QED) is 0.279. The summed E-state index contributed by atoms with van der Waals surface area (Å²) >= 11 is 2.82. The first-order valence-electron chi connectivity index (χ1n) is 9.68. The zero-order chi connectivity index (χ0) is 22.7. The Morgan fingerprint density at radius 3 is 2.62 bits per heavy atom. The van der Waals surface area contributed by atoms with Crippen molar-refractivity contribution in [2.24, 2.45) is 0 Å². The van der Waals surface area contributed by atoms with Crippen LogP contribution in [0.1, 0.15) is 6.92 Å². The number of anilines is 1. The summed E-state index contributed by atoms with van der Waals surface area (Å²) in [6.45, 7) is 1.81. The number of aromatic nitrogens is 2. The third kappa shape index (κ3) is 4.53. The Hall–Kier alpha value is -3.17. The van der Waals surface area contributed by atoms with E-state index in [-0.39, 0.29) is 11.7 Å². The number of hydrogen-bond acceptors (Lipinski definition) is 7. The van der Waals surface area contributed by atoms with Gasteiger partial charge in [-0.15, -0.1) is 11.3 Å². The van der Waals surface area contributed by atoms with Crippen molar-refractivity contribution >= 4 is 44.9 Å². The molecule has 0 radical (unpaired) electrons. The topological polar surface area (TPSA) is 73.3 Å². The van der Waals surface area contributed by atoms with E-state index >= 15 is 0 Å². The molecule has 1 N–H and O–H groups in total. The van der Waals surface area contributed by atoms with Gasteiger partial charge in [0.2, 0.25) is 5.91 Å². The number of ether oxygens (including phenoxy) is 2. The number of thiophene rings is 1. The van der Waals surface area contributed by atoms with Crippen molar-refractivity contribution in [1.82, 2.24) is 9.97 Å². The molecule has 0 aliphatic heterocycles. The first-order valence-corrected chi connectivity index (χ1v) is 11.4. The van der Waals surface area contributed by atoms with E-state index in [1.807, 2.05) is 12.3 Å². The van der Waals surface area contributed by atoms with Gasteiger partial charge in [-0.1, -0.05) is 23.9 Å². The number of hydrogen-bond donors (Lipinski definition) is 1. The molecule has 0 saturated carbocycles. The molecule has 0 aliphatic carbocycles. The normalized spacial score (nSPS) is 11.9. The number of fused-ring (bicyclic) bond motifs is 1. The van der Waals surface area contributed by atoms with Crippen molar-refractivity contribution in [2.45, 2.75) is 17.2 Å². The minimum absolute atomic E-state index is 0.202. The van der Waals surface area contributed by atoms with E-state index < -0.39 is 5.25 Å². The smallest absolute Gasteiger partial charge is 0.237 e. The summed E-state index contributed by atoms with van der Waals surface area (Å²) in [5, 5.41) is 5.97. The van der Waals surface area contributed by atoms with Crippen molar-refractivity contribution in [1.29, 1.82) is 0 Å². The van der Waals surface area contributed by atoms with Crippen LogP contribution in [0.5, 0.6) is 11.5 Å². The van der Waals surface area contributed by atoms with E-state index in [0.717, 1.165) is 21.3 Å². The number of thioether (sulfide) groups is 1. The van der Waals surface area contributed by atoms with E-state index in [0.29, 0.717) is 22.2 Å². The van der Waals surface area contributed by atoms with Crippen LogP contribution < -0.4 is 14.8 Å². The Labute approximate surface area is 192 Å². The third-order valence-electron chi connectivity index (χ3n) is 4.81. The summed E-state index contributed by atoms with van der Waals surface area (Å²) in [6.07, 6.45) is 1.49. The van der Waals surface area contributed by atoms with Crippen LogP contribution in [0.25, 0.3) is 21.3 Å².